The number of hydrogen-bond acceptors (Lipinski definition) is 7. The number of ether oxygens (including phenoxy) is 4. The van der Waals surface area contributed by atoms with E-state index in [0.717, 1.165) is 0 Å². The molecule has 1 amide bonds. The van der Waals surface area contributed by atoms with E-state index < -0.39 is 17.7 Å². The Hall–Kier alpha value is -4.40. The second-order valence-electron chi connectivity index (χ2n) is 6.56. The third-order valence-electron chi connectivity index (χ3n) is 4.30. The molecule has 0 fully saturated rings. The maximum Gasteiger partial charge on any atom is 0.343 e. The van der Waals surface area contributed by atoms with Gasteiger partial charge in [0.2, 0.25) is 0 Å². The maximum atomic E-state index is 12.9. The summed E-state index contributed by atoms with van der Waals surface area (Å²) in [5.41, 5.74) is 3.27. The number of hydrazone groups is 1. The normalized spacial score (nSPS) is 10.5. The molecule has 0 saturated carbocycles. The first-order chi connectivity index (χ1) is 16.0. The van der Waals surface area contributed by atoms with Crippen LogP contribution >= 0.6 is 0 Å². The van der Waals surface area contributed by atoms with Gasteiger partial charge in [-0.25, -0.2) is 14.6 Å². The average Bonchev–Trinajstić information content (AvgIpc) is 2.84. The zero-order valence-corrected chi connectivity index (χ0v) is 17.9. The van der Waals surface area contributed by atoms with Crippen LogP contribution in [0, 0.1) is 5.82 Å². The number of esters is 1. The van der Waals surface area contributed by atoms with Crippen LogP contribution in [-0.2, 0) is 4.79 Å². The molecule has 33 heavy (non-hydrogen) atoms. The van der Waals surface area contributed by atoms with Crippen molar-refractivity contribution in [2.24, 2.45) is 5.10 Å². The van der Waals surface area contributed by atoms with Crippen LogP contribution in [0.3, 0.4) is 0 Å². The van der Waals surface area contributed by atoms with E-state index >= 15 is 0 Å². The molecule has 3 rings (SSSR count). The Labute approximate surface area is 189 Å². The van der Waals surface area contributed by atoms with Crippen LogP contribution in [0.4, 0.5) is 4.39 Å². The highest BCUT2D eigenvalue weighted by atomic mass is 19.1. The van der Waals surface area contributed by atoms with Crippen LogP contribution in [0.25, 0.3) is 0 Å². The van der Waals surface area contributed by atoms with Gasteiger partial charge < -0.3 is 18.9 Å². The number of benzene rings is 3. The number of carbonyl (C=O) groups is 2. The minimum absolute atomic E-state index is 0.229. The van der Waals surface area contributed by atoms with Crippen LogP contribution in [0.15, 0.2) is 71.8 Å². The summed E-state index contributed by atoms with van der Waals surface area (Å²) in [6, 6.07) is 16.6. The zero-order valence-electron chi connectivity index (χ0n) is 17.9. The van der Waals surface area contributed by atoms with Crippen molar-refractivity contribution in [2.45, 2.75) is 0 Å². The number of halogens is 1. The highest BCUT2D eigenvalue weighted by Gasteiger charge is 2.13. The van der Waals surface area contributed by atoms with Gasteiger partial charge in [0.15, 0.2) is 18.1 Å². The molecular weight excluding hydrogens is 431 g/mol. The third kappa shape index (κ3) is 6.79. The molecular formula is C24H21FN2O6. The van der Waals surface area contributed by atoms with Crippen LogP contribution < -0.4 is 24.4 Å². The summed E-state index contributed by atoms with van der Waals surface area (Å²) in [5, 5.41) is 3.86. The lowest BCUT2D eigenvalue weighted by atomic mass is 10.2. The Morgan fingerprint density at radius 2 is 1.61 bits per heavy atom. The van der Waals surface area contributed by atoms with Gasteiger partial charge in [-0.1, -0.05) is 0 Å². The number of rotatable bonds is 9. The minimum Gasteiger partial charge on any atom is -0.497 e. The minimum atomic E-state index is -0.550. The van der Waals surface area contributed by atoms with Crippen molar-refractivity contribution in [1.82, 2.24) is 5.43 Å². The molecule has 0 heterocycles. The van der Waals surface area contributed by atoms with E-state index in [1.807, 2.05) is 0 Å². The van der Waals surface area contributed by atoms with Crippen molar-refractivity contribution in [3.05, 3.63) is 83.7 Å². The van der Waals surface area contributed by atoms with E-state index in [-0.39, 0.29) is 12.4 Å². The molecule has 0 aliphatic heterocycles. The monoisotopic (exact) mass is 452 g/mol. The van der Waals surface area contributed by atoms with Crippen LogP contribution in [0.2, 0.25) is 0 Å². The molecule has 0 aliphatic carbocycles. The van der Waals surface area contributed by atoms with Gasteiger partial charge in [-0.3, -0.25) is 4.79 Å². The van der Waals surface area contributed by atoms with Gasteiger partial charge in [0.25, 0.3) is 5.91 Å². The molecule has 9 heteroatoms. The lowest BCUT2D eigenvalue weighted by Crippen LogP contribution is -2.24. The summed E-state index contributed by atoms with van der Waals surface area (Å²) < 4.78 is 33.9. The van der Waals surface area contributed by atoms with Crippen molar-refractivity contribution in [3.8, 4) is 23.0 Å². The Morgan fingerprint density at radius 1 is 0.909 bits per heavy atom. The number of amides is 1. The standard InChI is InChI=1S/C24H21FN2O6/c1-30-19-8-4-17(5-9-19)24(29)33-21-12-3-16(13-22(21)31-2)14-26-27-23(28)15-32-20-10-6-18(25)7-11-20/h3-14H,15H2,1-2H3,(H,27,28)/b26-14+. The van der Waals surface area contributed by atoms with Crippen molar-refractivity contribution in [3.63, 3.8) is 0 Å². The van der Waals surface area contributed by atoms with Crippen LogP contribution in [0.5, 0.6) is 23.0 Å². The molecule has 0 spiro atoms. The quantitative estimate of drug-likeness (QED) is 0.231. The van der Waals surface area contributed by atoms with Crippen molar-refractivity contribution in [2.75, 3.05) is 20.8 Å². The number of hydrogen-bond donors (Lipinski definition) is 1. The van der Waals surface area contributed by atoms with Gasteiger partial charge in [-0.05, 0) is 72.3 Å². The summed E-state index contributed by atoms with van der Waals surface area (Å²) in [5.74, 6) is 0.0904. The maximum absolute atomic E-state index is 12.9. The molecule has 3 aromatic rings. The smallest absolute Gasteiger partial charge is 0.343 e. The third-order valence-corrected chi connectivity index (χ3v) is 4.30. The first kappa shape index (κ1) is 23.3. The fourth-order valence-electron chi connectivity index (χ4n) is 2.63. The summed E-state index contributed by atoms with van der Waals surface area (Å²) in [4.78, 5) is 24.2. The van der Waals surface area contributed by atoms with E-state index in [2.05, 4.69) is 10.5 Å². The largest absolute Gasteiger partial charge is 0.497 e. The molecule has 0 saturated heterocycles. The number of methoxy groups -OCH3 is 2. The fraction of sp³-hybridized carbons (Fsp3) is 0.125. The predicted molar refractivity (Wildman–Crippen MR) is 119 cm³/mol. The Kier molecular flexibility index (Phi) is 7.96. The van der Waals surface area contributed by atoms with Gasteiger partial charge in [0.05, 0.1) is 26.0 Å². The van der Waals surface area contributed by atoms with Gasteiger partial charge in [-0.15, -0.1) is 0 Å². The second-order valence-corrected chi connectivity index (χ2v) is 6.56. The van der Waals surface area contributed by atoms with Gasteiger partial charge >= 0.3 is 5.97 Å². The van der Waals surface area contributed by atoms with Crippen molar-refractivity contribution < 1.29 is 32.9 Å². The highest BCUT2D eigenvalue weighted by molar-refractivity contribution is 5.92. The summed E-state index contributed by atoms with van der Waals surface area (Å²) in [6.07, 6.45) is 1.40. The van der Waals surface area contributed by atoms with E-state index in [4.69, 9.17) is 18.9 Å². The van der Waals surface area contributed by atoms with E-state index in [1.165, 1.54) is 44.7 Å². The SMILES string of the molecule is COc1ccc(C(=O)Oc2ccc(/C=N/NC(=O)COc3ccc(F)cc3)cc2OC)cc1. The van der Waals surface area contributed by atoms with Crippen LogP contribution in [-0.4, -0.2) is 38.9 Å². The predicted octanol–water partition coefficient (Wildman–Crippen LogP) is 3.59. The topological polar surface area (TPSA) is 95.5 Å². The van der Waals surface area contributed by atoms with Crippen molar-refractivity contribution in [1.29, 1.82) is 0 Å². The van der Waals surface area contributed by atoms with Gasteiger partial charge in [0.1, 0.15) is 17.3 Å². The van der Waals surface area contributed by atoms with Crippen LogP contribution in [0.1, 0.15) is 15.9 Å². The molecule has 0 aromatic heterocycles. The highest BCUT2D eigenvalue weighted by Crippen LogP contribution is 2.28. The zero-order chi connectivity index (χ0) is 23.6. The number of nitrogens with one attached hydrogen (secondary N) is 1. The molecule has 8 nitrogen and oxygen atoms in total. The lowest BCUT2D eigenvalue weighted by Gasteiger charge is -2.10. The Bertz CT molecular complexity index is 1130. The Morgan fingerprint density at radius 3 is 2.27 bits per heavy atom. The molecule has 1 N–H and O–H groups in total. The number of carbonyl (C=O) groups excluding carboxylic acids is 2. The van der Waals surface area contributed by atoms with Gasteiger partial charge in [-0.2, -0.15) is 5.10 Å². The van der Waals surface area contributed by atoms with Gasteiger partial charge in [0, 0.05) is 0 Å². The Balaban J connectivity index is 1.55. The molecule has 0 atom stereocenters. The second kappa shape index (κ2) is 11.3. The summed E-state index contributed by atoms with van der Waals surface area (Å²) >= 11 is 0. The average molecular weight is 452 g/mol. The van der Waals surface area contributed by atoms with Crippen molar-refractivity contribution >= 4 is 18.1 Å². The number of nitrogens with zero attached hydrogens (tertiary/aromatic N) is 1. The molecule has 170 valence electrons. The molecule has 0 bridgehead atoms. The molecule has 3 aromatic carbocycles. The van der Waals surface area contributed by atoms with E-state index in [1.54, 1.807) is 42.5 Å². The summed E-state index contributed by atoms with van der Waals surface area (Å²) in [7, 11) is 2.98. The van der Waals surface area contributed by atoms with E-state index in [9.17, 15) is 14.0 Å². The fourth-order valence-corrected chi connectivity index (χ4v) is 2.63. The van der Waals surface area contributed by atoms with E-state index in [0.29, 0.717) is 28.4 Å². The molecule has 0 radical (unpaired) electrons. The lowest BCUT2D eigenvalue weighted by molar-refractivity contribution is -0.123. The molecule has 0 unspecified atom stereocenters. The first-order valence-electron chi connectivity index (χ1n) is 9.73. The first-order valence-corrected chi connectivity index (χ1v) is 9.73. The molecule has 0 aliphatic rings. The summed E-state index contributed by atoms with van der Waals surface area (Å²) in [6.45, 7) is -0.285.